The van der Waals surface area contributed by atoms with Crippen LogP contribution in [0, 0.1) is 0 Å². The summed E-state index contributed by atoms with van der Waals surface area (Å²) in [6, 6.07) is 0. The van der Waals surface area contributed by atoms with Gasteiger partial charge in [-0.2, -0.15) is 0 Å². The maximum absolute atomic E-state index is 10.2. The summed E-state index contributed by atoms with van der Waals surface area (Å²) in [4.78, 5) is 14.0. The average Bonchev–Trinajstić information content (AvgIpc) is 2.26. The van der Waals surface area contributed by atoms with E-state index in [9.17, 15) is 4.89 Å². The molecule has 0 spiro atoms. The fourth-order valence-corrected chi connectivity index (χ4v) is 2.36. The van der Waals surface area contributed by atoms with Crippen molar-refractivity contribution < 1.29 is 18.5 Å². The molecule has 0 amide bonds. The van der Waals surface area contributed by atoms with Crippen LogP contribution in [-0.4, -0.2) is 83.0 Å². The van der Waals surface area contributed by atoms with E-state index >= 15 is 0 Å². The first-order valence-electron chi connectivity index (χ1n) is 5.98. The quantitative estimate of drug-likeness (QED) is 0.308. The number of hydrogen-bond donors (Lipinski definition) is 2. The SMILES string of the molecule is CNCCO[PH](O)(OCCN(C)C)OCN(C)C. The van der Waals surface area contributed by atoms with Gasteiger partial charge in [0, 0.05) is 0 Å². The van der Waals surface area contributed by atoms with Crippen LogP contribution in [0.5, 0.6) is 0 Å². The van der Waals surface area contributed by atoms with E-state index in [1.165, 1.54) is 0 Å². The number of rotatable bonds is 11. The van der Waals surface area contributed by atoms with Gasteiger partial charge in [0.2, 0.25) is 0 Å². The topological polar surface area (TPSA) is 66.4 Å². The summed E-state index contributed by atoms with van der Waals surface area (Å²) in [6.07, 6.45) is 0. The standard InChI is InChI=1S/C10H28N3O4P/c1-11-6-8-15-18(14,17-10-13(4)5)16-9-7-12(2)3/h11,14,18H,6-10H2,1-5H3. The molecule has 2 N–H and O–H groups in total. The fraction of sp³-hybridized carbons (Fsp3) is 1.00. The summed E-state index contributed by atoms with van der Waals surface area (Å²) in [5.74, 6) is 0. The van der Waals surface area contributed by atoms with Crippen molar-refractivity contribution in [2.45, 2.75) is 0 Å². The Morgan fingerprint density at radius 1 is 1.00 bits per heavy atom. The zero-order chi connectivity index (χ0) is 14.0. The number of hydrogen-bond acceptors (Lipinski definition) is 7. The summed E-state index contributed by atoms with van der Waals surface area (Å²) < 4.78 is 16.1. The van der Waals surface area contributed by atoms with Crippen LogP contribution in [0.1, 0.15) is 0 Å². The van der Waals surface area contributed by atoms with Gasteiger partial charge in [-0.3, -0.25) is 0 Å². The average molecular weight is 285 g/mol. The summed E-state index contributed by atoms with van der Waals surface area (Å²) in [5, 5.41) is 2.94. The molecule has 0 aliphatic rings. The second-order valence-electron chi connectivity index (χ2n) is 4.48. The Morgan fingerprint density at radius 2 is 1.61 bits per heavy atom. The molecule has 0 aliphatic heterocycles. The molecule has 0 radical (unpaired) electrons. The third-order valence-corrected chi connectivity index (χ3v) is 3.60. The maximum atomic E-state index is 10.2. The monoisotopic (exact) mass is 285 g/mol. The van der Waals surface area contributed by atoms with Crippen LogP contribution in [0.15, 0.2) is 0 Å². The van der Waals surface area contributed by atoms with E-state index in [2.05, 4.69) is 5.32 Å². The predicted octanol–water partition coefficient (Wildman–Crippen LogP) is -0.261. The van der Waals surface area contributed by atoms with E-state index in [1.54, 1.807) is 4.90 Å². The van der Waals surface area contributed by atoms with Gasteiger partial charge >= 0.3 is 110 Å². The Hall–Kier alpha value is 0.150. The zero-order valence-corrected chi connectivity index (χ0v) is 13.1. The Morgan fingerprint density at radius 3 is 2.11 bits per heavy atom. The van der Waals surface area contributed by atoms with Crippen LogP contribution in [0.3, 0.4) is 0 Å². The molecule has 0 fully saturated rings. The molecule has 18 heavy (non-hydrogen) atoms. The molecule has 112 valence electrons. The van der Waals surface area contributed by atoms with E-state index in [1.807, 2.05) is 40.1 Å². The minimum atomic E-state index is -3.52. The minimum absolute atomic E-state index is 0.268. The van der Waals surface area contributed by atoms with E-state index < -0.39 is 8.17 Å². The molecular weight excluding hydrogens is 257 g/mol. The van der Waals surface area contributed by atoms with Gasteiger partial charge < -0.3 is 0 Å². The van der Waals surface area contributed by atoms with Gasteiger partial charge in [-0.25, -0.2) is 0 Å². The van der Waals surface area contributed by atoms with Crippen LogP contribution in [0.4, 0.5) is 0 Å². The predicted molar refractivity (Wildman–Crippen MR) is 74.6 cm³/mol. The van der Waals surface area contributed by atoms with E-state index in [4.69, 9.17) is 13.6 Å². The first-order valence-corrected chi connectivity index (χ1v) is 7.65. The van der Waals surface area contributed by atoms with Crippen molar-refractivity contribution in [3.63, 3.8) is 0 Å². The number of likely N-dealkylation sites (N-methyl/N-ethyl adjacent to an activating group) is 2. The summed E-state index contributed by atoms with van der Waals surface area (Å²) in [6.45, 7) is 2.34. The van der Waals surface area contributed by atoms with Gasteiger partial charge in [0.05, 0.1) is 0 Å². The van der Waals surface area contributed by atoms with Gasteiger partial charge in [-0.15, -0.1) is 0 Å². The number of nitrogens with one attached hydrogen (secondary N) is 1. The third-order valence-electron chi connectivity index (χ3n) is 1.96. The second kappa shape index (κ2) is 10.00. The molecule has 0 aromatic rings. The molecule has 8 heteroatoms. The van der Waals surface area contributed by atoms with Gasteiger partial charge in [0.25, 0.3) is 0 Å². The van der Waals surface area contributed by atoms with Gasteiger partial charge in [0.15, 0.2) is 0 Å². The van der Waals surface area contributed by atoms with E-state index in [0.29, 0.717) is 26.3 Å². The van der Waals surface area contributed by atoms with Crippen LogP contribution in [0.2, 0.25) is 0 Å². The van der Waals surface area contributed by atoms with Gasteiger partial charge in [-0.1, -0.05) is 0 Å². The van der Waals surface area contributed by atoms with E-state index in [-0.39, 0.29) is 6.73 Å². The Labute approximate surface area is 111 Å². The molecule has 0 saturated heterocycles. The third kappa shape index (κ3) is 10.1. The molecule has 0 rings (SSSR count). The van der Waals surface area contributed by atoms with Crippen LogP contribution >= 0.6 is 8.17 Å². The molecule has 0 saturated carbocycles. The molecular formula is C10H28N3O4P. The molecule has 0 aromatic heterocycles. The molecule has 0 unspecified atom stereocenters. The first kappa shape index (κ1) is 18.1. The Balaban J connectivity index is 4.11. The molecule has 0 aliphatic carbocycles. The first-order chi connectivity index (χ1) is 8.39. The molecule has 0 aromatic carbocycles. The molecule has 0 bridgehead atoms. The summed E-state index contributed by atoms with van der Waals surface area (Å²) in [7, 11) is 5.87. The van der Waals surface area contributed by atoms with Crippen molar-refractivity contribution >= 4 is 8.17 Å². The van der Waals surface area contributed by atoms with Crippen LogP contribution in [0.25, 0.3) is 0 Å². The molecule has 0 heterocycles. The van der Waals surface area contributed by atoms with Crippen molar-refractivity contribution in [2.24, 2.45) is 0 Å². The Kier molecular flexibility index (Phi) is 10.1. The van der Waals surface area contributed by atoms with Crippen molar-refractivity contribution in [1.82, 2.24) is 15.1 Å². The molecule has 0 atom stereocenters. The Bertz CT molecular complexity index is 210. The van der Waals surface area contributed by atoms with Crippen molar-refractivity contribution in [3.8, 4) is 0 Å². The van der Waals surface area contributed by atoms with Crippen LogP contribution < -0.4 is 5.32 Å². The van der Waals surface area contributed by atoms with Crippen molar-refractivity contribution in [2.75, 3.05) is 68.3 Å². The second-order valence-corrected chi connectivity index (χ2v) is 6.39. The summed E-state index contributed by atoms with van der Waals surface area (Å²) >= 11 is 0. The van der Waals surface area contributed by atoms with Crippen molar-refractivity contribution in [1.29, 1.82) is 0 Å². The van der Waals surface area contributed by atoms with E-state index in [0.717, 1.165) is 0 Å². The molecule has 7 nitrogen and oxygen atoms in total. The van der Waals surface area contributed by atoms with Gasteiger partial charge in [0.1, 0.15) is 0 Å². The fourth-order valence-electron chi connectivity index (χ4n) is 0.975. The van der Waals surface area contributed by atoms with Crippen molar-refractivity contribution in [3.05, 3.63) is 0 Å². The normalized spacial score (nSPS) is 13.6. The summed E-state index contributed by atoms with van der Waals surface area (Å²) in [5.41, 5.74) is 0. The zero-order valence-electron chi connectivity index (χ0n) is 12.1. The van der Waals surface area contributed by atoms with Gasteiger partial charge in [-0.05, 0) is 0 Å². The van der Waals surface area contributed by atoms with Crippen LogP contribution in [-0.2, 0) is 13.6 Å². The number of nitrogens with zero attached hydrogens (tertiary/aromatic N) is 2.